The second kappa shape index (κ2) is 9.56. The number of nitrogens with zero attached hydrogens (tertiary/aromatic N) is 3. The van der Waals surface area contributed by atoms with Crippen molar-refractivity contribution >= 4 is 50.7 Å². The van der Waals surface area contributed by atoms with E-state index in [2.05, 4.69) is 10.3 Å². The van der Waals surface area contributed by atoms with Crippen molar-refractivity contribution in [2.45, 2.75) is 17.9 Å². The average molecular weight is 507 g/mol. The largest absolute Gasteiger partial charge is 0.335 e. The first-order chi connectivity index (χ1) is 15.4. The SMILES string of the molecule is Cl.O=C(c1ccc2c(n1)CCNC2)N1CCN(S(=O)(=O)c2ccc3cc(Cl)ccc3c2)CC1. The van der Waals surface area contributed by atoms with Crippen molar-refractivity contribution in [3.63, 3.8) is 0 Å². The summed E-state index contributed by atoms with van der Waals surface area (Å²) in [4.78, 5) is 19.5. The van der Waals surface area contributed by atoms with Gasteiger partial charge in [-0.05, 0) is 46.7 Å². The molecule has 3 heterocycles. The second-order valence-corrected chi connectivity index (χ2v) is 10.5. The predicted molar refractivity (Wildman–Crippen MR) is 131 cm³/mol. The molecule has 5 rings (SSSR count). The number of hydrogen-bond donors (Lipinski definition) is 1. The van der Waals surface area contributed by atoms with Gasteiger partial charge in [-0.15, -0.1) is 12.4 Å². The zero-order valence-electron chi connectivity index (χ0n) is 17.8. The van der Waals surface area contributed by atoms with Crippen LogP contribution in [0.25, 0.3) is 10.8 Å². The smallest absolute Gasteiger partial charge is 0.272 e. The third kappa shape index (κ3) is 4.72. The van der Waals surface area contributed by atoms with Crippen molar-refractivity contribution < 1.29 is 13.2 Å². The van der Waals surface area contributed by atoms with Crippen LogP contribution in [0.2, 0.25) is 5.02 Å². The molecule has 0 atom stereocenters. The molecule has 0 spiro atoms. The number of rotatable bonds is 3. The number of hydrogen-bond acceptors (Lipinski definition) is 5. The monoisotopic (exact) mass is 506 g/mol. The molecular weight excluding hydrogens is 483 g/mol. The van der Waals surface area contributed by atoms with Crippen molar-refractivity contribution in [2.75, 3.05) is 32.7 Å². The van der Waals surface area contributed by atoms with Crippen molar-refractivity contribution in [3.05, 3.63) is 70.5 Å². The summed E-state index contributed by atoms with van der Waals surface area (Å²) in [6.45, 7) is 2.80. The molecule has 33 heavy (non-hydrogen) atoms. The molecule has 1 N–H and O–H groups in total. The summed E-state index contributed by atoms with van der Waals surface area (Å²) in [5.74, 6) is -0.147. The molecule has 3 aromatic rings. The lowest BCUT2D eigenvalue weighted by Crippen LogP contribution is -2.50. The summed E-state index contributed by atoms with van der Waals surface area (Å²) < 4.78 is 27.8. The Morgan fingerprint density at radius 1 is 0.970 bits per heavy atom. The van der Waals surface area contributed by atoms with Crippen LogP contribution >= 0.6 is 24.0 Å². The van der Waals surface area contributed by atoms with Crippen molar-refractivity contribution in [1.29, 1.82) is 0 Å². The molecule has 1 fully saturated rings. The fourth-order valence-corrected chi connectivity index (χ4v) is 5.89. The van der Waals surface area contributed by atoms with Crippen molar-refractivity contribution in [3.8, 4) is 0 Å². The minimum atomic E-state index is -3.65. The van der Waals surface area contributed by atoms with Crippen LogP contribution in [0.5, 0.6) is 0 Å². The number of halogens is 2. The van der Waals surface area contributed by atoms with E-state index >= 15 is 0 Å². The molecule has 174 valence electrons. The van der Waals surface area contributed by atoms with Gasteiger partial charge in [0.05, 0.1) is 4.90 Å². The predicted octanol–water partition coefficient (Wildman–Crippen LogP) is 3.10. The Bertz CT molecular complexity index is 1310. The topological polar surface area (TPSA) is 82.6 Å². The van der Waals surface area contributed by atoms with Gasteiger partial charge in [0, 0.05) is 56.4 Å². The molecule has 0 radical (unpaired) electrons. The third-order valence-corrected chi connectivity index (χ3v) is 8.21. The van der Waals surface area contributed by atoms with Gasteiger partial charge < -0.3 is 10.2 Å². The quantitative estimate of drug-likeness (QED) is 0.589. The first-order valence-electron chi connectivity index (χ1n) is 10.6. The van der Waals surface area contributed by atoms with Crippen molar-refractivity contribution in [2.24, 2.45) is 0 Å². The van der Waals surface area contributed by atoms with Gasteiger partial charge in [-0.2, -0.15) is 4.31 Å². The fraction of sp³-hybridized carbons (Fsp3) is 0.304. The summed E-state index contributed by atoms with van der Waals surface area (Å²) in [6, 6.07) is 14.1. The summed E-state index contributed by atoms with van der Waals surface area (Å²) in [6.07, 6.45) is 0.806. The van der Waals surface area contributed by atoms with Crippen LogP contribution in [0.4, 0.5) is 0 Å². The molecule has 7 nitrogen and oxygen atoms in total. The van der Waals surface area contributed by atoms with E-state index in [-0.39, 0.29) is 36.3 Å². The van der Waals surface area contributed by atoms with E-state index < -0.39 is 10.0 Å². The molecule has 2 aliphatic heterocycles. The van der Waals surface area contributed by atoms with Crippen LogP contribution in [0.1, 0.15) is 21.7 Å². The molecule has 10 heteroatoms. The molecule has 2 aromatic carbocycles. The number of fused-ring (bicyclic) bond motifs is 2. The van der Waals surface area contributed by atoms with E-state index in [1.807, 2.05) is 18.2 Å². The van der Waals surface area contributed by atoms with E-state index in [0.29, 0.717) is 23.8 Å². The maximum atomic E-state index is 13.2. The zero-order chi connectivity index (χ0) is 22.3. The Balaban J connectivity index is 0.00000259. The van der Waals surface area contributed by atoms with Gasteiger partial charge in [-0.1, -0.05) is 29.8 Å². The van der Waals surface area contributed by atoms with E-state index in [1.165, 1.54) is 4.31 Å². The molecule has 1 saturated heterocycles. The highest BCUT2D eigenvalue weighted by Gasteiger charge is 2.31. The van der Waals surface area contributed by atoms with Gasteiger partial charge in [0.25, 0.3) is 5.91 Å². The van der Waals surface area contributed by atoms with Gasteiger partial charge in [0.15, 0.2) is 0 Å². The van der Waals surface area contributed by atoms with E-state index in [1.54, 1.807) is 35.2 Å². The lowest BCUT2D eigenvalue weighted by Gasteiger charge is -2.34. The summed E-state index contributed by atoms with van der Waals surface area (Å²) in [5, 5.41) is 5.61. The molecule has 1 amide bonds. The Hall–Kier alpha value is -2.23. The minimum absolute atomic E-state index is 0. The normalized spacial score (nSPS) is 16.8. The fourth-order valence-electron chi connectivity index (χ4n) is 4.25. The number of aromatic nitrogens is 1. The van der Waals surface area contributed by atoms with Gasteiger partial charge in [0.1, 0.15) is 5.69 Å². The maximum Gasteiger partial charge on any atom is 0.272 e. The highest BCUT2D eigenvalue weighted by molar-refractivity contribution is 7.89. The number of amides is 1. The first-order valence-corrected chi connectivity index (χ1v) is 12.4. The van der Waals surface area contributed by atoms with Crippen LogP contribution in [-0.2, 0) is 23.0 Å². The number of nitrogens with one attached hydrogen (secondary N) is 1. The van der Waals surface area contributed by atoms with E-state index in [4.69, 9.17) is 11.6 Å². The van der Waals surface area contributed by atoms with Gasteiger partial charge in [0.2, 0.25) is 10.0 Å². The molecule has 2 aliphatic rings. The Morgan fingerprint density at radius 3 is 2.48 bits per heavy atom. The molecule has 0 bridgehead atoms. The molecule has 0 aliphatic carbocycles. The minimum Gasteiger partial charge on any atom is -0.335 e. The van der Waals surface area contributed by atoms with Crippen LogP contribution in [0, 0.1) is 0 Å². The van der Waals surface area contributed by atoms with Gasteiger partial charge in [-0.3, -0.25) is 4.79 Å². The van der Waals surface area contributed by atoms with E-state index in [9.17, 15) is 13.2 Å². The number of pyridine rings is 1. The van der Waals surface area contributed by atoms with Gasteiger partial charge in [-0.25, -0.2) is 13.4 Å². The van der Waals surface area contributed by atoms with Crippen LogP contribution < -0.4 is 5.32 Å². The second-order valence-electron chi connectivity index (χ2n) is 8.08. The standard InChI is InChI=1S/C23H23ClN4O3S.ClH/c24-19-4-1-17-14-20(5-2-16(17)13-19)32(30,31)28-11-9-27(10-12-28)23(29)22-6-3-18-15-25-8-7-21(18)26-22;/h1-6,13-14,25H,7-12,15H2;1H. The number of benzene rings is 2. The number of sulfonamides is 1. The van der Waals surface area contributed by atoms with Crippen LogP contribution in [0.3, 0.4) is 0 Å². The Morgan fingerprint density at radius 2 is 1.70 bits per heavy atom. The van der Waals surface area contributed by atoms with Gasteiger partial charge >= 0.3 is 0 Å². The first kappa shape index (κ1) is 23.9. The number of piperazine rings is 1. The maximum absolute atomic E-state index is 13.2. The summed E-state index contributed by atoms with van der Waals surface area (Å²) >= 11 is 6.02. The summed E-state index contributed by atoms with van der Waals surface area (Å²) in [7, 11) is -3.65. The third-order valence-electron chi connectivity index (χ3n) is 6.08. The molecule has 1 aromatic heterocycles. The molecule has 0 saturated carbocycles. The van der Waals surface area contributed by atoms with Crippen LogP contribution in [-0.4, -0.2) is 61.2 Å². The number of carbonyl (C=O) groups excluding carboxylic acids is 1. The highest BCUT2D eigenvalue weighted by Crippen LogP contribution is 2.25. The van der Waals surface area contributed by atoms with Crippen molar-refractivity contribution in [1.82, 2.24) is 19.5 Å². The van der Waals surface area contributed by atoms with Crippen LogP contribution in [0.15, 0.2) is 53.4 Å². The lowest BCUT2D eigenvalue weighted by atomic mass is 10.1. The lowest BCUT2D eigenvalue weighted by molar-refractivity contribution is 0.0691. The zero-order valence-corrected chi connectivity index (χ0v) is 20.2. The van der Waals surface area contributed by atoms with E-state index in [0.717, 1.165) is 41.5 Å². The number of carbonyl (C=O) groups is 1. The summed E-state index contributed by atoms with van der Waals surface area (Å²) in [5.41, 5.74) is 2.52. The Kier molecular flexibility index (Phi) is 6.93. The molecule has 0 unspecified atom stereocenters. The highest BCUT2D eigenvalue weighted by atomic mass is 35.5. The molecular formula is C23H24Cl2N4O3S. The Labute approximate surface area is 204 Å². The average Bonchev–Trinajstić information content (AvgIpc) is 2.83.